The summed E-state index contributed by atoms with van der Waals surface area (Å²) in [5, 5.41) is 10.5. The molecule has 0 amide bonds. The van der Waals surface area contributed by atoms with Crippen LogP contribution in [-0.4, -0.2) is 13.3 Å². The van der Waals surface area contributed by atoms with Crippen molar-refractivity contribution in [2.45, 2.75) is 11.8 Å². The summed E-state index contributed by atoms with van der Waals surface area (Å²) in [7, 11) is 0.606. The topological polar surface area (TPSA) is 77.3 Å². The van der Waals surface area contributed by atoms with Crippen LogP contribution >= 0.6 is 10.7 Å². The molecule has 82 valence electrons. The van der Waals surface area contributed by atoms with Crippen LogP contribution in [-0.2, 0) is 9.05 Å². The summed E-state index contributed by atoms with van der Waals surface area (Å²) < 4.78 is 34.8. The number of hydrogen-bond donors (Lipinski definition) is 0. The molecule has 0 aliphatic carbocycles. The molecule has 8 heteroatoms. The fraction of sp³-hybridized carbons (Fsp3) is 0.143. The maximum absolute atomic E-state index is 13.0. The van der Waals surface area contributed by atoms with E-state index >= 15 is 0 Å². The van der Waals surface area contributed by atoms with Gasteiger partial charge in [0.1, 0.15) is 5.82 Å². The third kappa shape index (κ3) is 2.42. The first-order valence-electron chi connectivity index (χ1n) is 3.62. The highest BCUT2D eigenvalue weighted by Crippen LogP contribution is 2.29. The van der Waals surface area contributed by atoms with Crippen LogP contribution in [0.1, 0.15) is 5.56 Å². The van der Waals surface area contributed by atoms with E-state index in [1.807, 2.05) is 0 Å². The molecular weight excluding hydrogens is 249 g/mol. The van der Waals surface area contributed by atoms with Crippen LogP contribution in [0.15, 0.2) is 17.0 Å². The Bertz CT molecular complexity index is 528. The molecule has 0 atom stereocenters. The van der Waals surface area contributed by atoms with Gasteiger partial charge in [0.15, 0.2) is 4.90 Å². The zero-order valence-corrected chi connectivity index (χ0v) is 8.97. The number of aryl methyl sites for hydroxylation is 1. The van der Waals surface area contributed by atoms with E-state index in [4.69, 9.17) is 10.7 Å². The average molecular weight is 254 g/mol. The fourth-order valence-electron chi connectivity index (χ4n) is 0.986. The monoisotopic (exact) mass is 253 g/mol. The minimum atomic E-state index is -4.33. The second-order valence-electron chi connectivity index (χ2n) is 2.76. The van der Waals surface area contributed by atoms with Crippen molar-refractivity contribution in [1.82, 2.24) is 0 Å². The van der Waals surface area contributed by atoms with Crippen molar-refractivity contribution in [1.29, 1.82) is 0 Å². The van der Waals surface area contributed by atoms with Gasteiger partial charge in [0.25, 0.3) is 14.7 Å². The maximum Gasteiger partial charge on any atom is 0.289 e. The molecule has 0 radical (unpaired) electrons. The van der Waals surface area contributed by atoms with Gasteiger partial charge in [0.2, 0.25) is 0 Å². The van der Waals surface area contributed by atoms with Gasteiger partial charge in [-0.15, -0.1) is 0 Å². The Morgan fingerprint density at radius 2 is 2.00 bits per heavy atom. The van der Waals surface area contributed by atoms with Crippen molar-refractivity contribution < 1.29 is 17.7 Å². The van der Waals surface area contributed by atoms with Gasteiger partial charge in [0, 0.05) is 22.8 Å². The molecule has 5 nitrogen and oxygen atoms in total. The number of nitro groups is 1. The molecule has 1 aromatic rings. The van der Waals surface area contributed by atoms with Crippen molar-refractivity contribution in [3.05, 3.63) is 33.6 Å². The van der Waals surface area contributed by atoms with Crippen LogP contribution < -0.4 is 0 Å². The largest absolute Gasteiger partial charge is 0.289 e. The van der Waals surface area contributed by atoms with E-state index in [9.17, 15) is 22.9 Å². The number of rotatable bonds is 2. The molecule has 0 N–H and O–H groups in total. The highest BCUT2D eigenvalue weighted by molar-refractivity contribution is 8.13. The normalized spacial score (nSPS) is 11.4. The molecule has 0 aliphatic heterocycles. The molecule has 0 bridgehead atoms. The summed E-state index contributed by atoms with van der Waals surface area (Å²) in [5.74, 6) is -0.861. The van der Waals surface area contributed by atoms with Crippen molar-refractivity contribution in [3.8, 4) is 0 Å². The number of nitrogens with zero attached hydrogens (tertiary/aromatic N) is 1. The minimum absolute atomic E-state index is 0.0224. The molecule has 0 saturated heterocycles. The van der Waals surface area contributed by atoms with Crippen molar-refractivity contribution in [2.75, 3.05) is 0 Å². The standard InChI is InChI=1S/C7H5ClFNO4S/c1-4-2-6(10(11)12)7(3-5(4)9)15(8,13)14/h2-3H,1H3. The maximum atomic E-state index is 13.0. The van der Waals surface area contributed by atoms with E-state index in [0.29, 0.717) is 6.07 Å². The zero-order valence-electron chi connectivity index (χ0n) is 7.40. The lowest BCUT2D eigenvalue weighted by Gasteiger charge is -2.01. The molecule has 1 rings (SSSR count). The Kier molecular flexibility index (Phi) is 2.96. The predicted molar refractivity (Wildman–Crippen MR) is 50.8 cm³/mol. The number of benzene rings is 1. The van der Waals surface area contributed by atoms with Gasteiger partial charge in [-0.1, -0.05) is 0 Å². The lowest BCUT2D eigenvalue weighted by atomic mass is 10.2. The van der Waals surface area contributed by atoms with Gasteiger partial charge in [-0.2, -0.15) is 0 Å². The fourth-order valence-corrected chi connectivity index (χ4v) is 1.98. The molecule has 1 aromatic carbocycles. The Morgan fingerprint density at radius 3 is 2.40 bits per heavy atom. The second kappa shape index (κ2) is 3.74. The quantitative estimate of drug-likeness (QED) is 0.459. The molecule has 0 saturated carbocycles. The average Bonchev–Trinajstić information content (AvgIpc) is 2.06. The molecule has 0 aromatic heterocycles. The Labute approximate surface area is 89.0 Å². The molecule has 15 heavy (non-hydrogen) atoms. The van der Waals surface area contributed by atoms with Crippen LogP contribution in [0, 0.1) is 22.9 Å². The van der Waals surface area contributed by atoms with Crippen LogP contribution in [0.25, 0.3) is 0 Å². The van der Waals surface area contributed by atoms with Gasteiger partial charge in [-0.3, -0.25) is 10.1 Å². The summed E-state index contributed by atoms with van der Waals surface area (Å²) >= 11 is 0. The number of nitro benzene ring substituents is 1. The Balaban J connectivity index is 3.64. The summed E-state index contributed by atoms with van der Waals surface area (Å²) in [5.41, 5.74) is -0.755. The van der Waals surface area contributed by atoms with E-state index in [0.717, 1.165) is 6.07 Å². The van der Waals surface area contributed by atoms with Crippen molar-refractivity contribution in [3.63, 3.8) is 0 Å². The summed E-state index contributed by atoms with van der Waals surface area (Å²) in [6.07, 6.45) is 0. The first-order chi connectivity index (χ1) is 6.73. The molecule has 0 spiro atoms. The lowest BCUT2D eigenvalue weighted by molar-refractivity contribution is -0.387. The Morgan fingerprint density at radius 1 is 1.47 bits per heavy atom. The van der Waals surface area contributed by atoms with E-state index in [1.165, 1.54) is 6.92 Å². The van der Waals surface area contributed by atoms with E-state index in [-0.39, 0.29) is 5.56 Å². The third-order valence-electron chi connectivity index (χ3n) is 1.70. The predicted octanol–water partition coefficient (Wildman–Crippen LogP) is 1.97. The highest BCUT2D eigenvalue weighted by atomic mass is 35.7. The first-order valence-corrected chi connectivity index (χ1v) is 5.93. The molecule has 0 fully saturated rings. The van der Waals surface area contributed by atoms with Crippen LogP contribution in [0.2, 0.25) is 0 Å². The van der Waals surface area contributed by atoms with E-state index in [1.54, 1.807) is 0 Å². The van der Waals surface area contributed by atoms with Crippen LogP contribution in [0.3, 0.4) is 0 Å². The molecule has 0 heterocycles. The first kappa shape index (κ1) is 11.9. The van der Waals surface area contributed by atoms with Gasteiger partial charge in [-0.05, 0) is 12.5 Å². The SMILES string of the molecule is Cc1cc([N+](=O)[O-])c(S(=O)(=O)Cl)cc1F. The van der Waals surface area contributed by atoms with Gasteiger partial charge in [0.05, 0.1) is 4.92 Å². The smallest absolute Gasteiger partial charge is 0.258 e. The Hall–Kier alpha value is -1.21. The minimum Gasteiger partial charge on any atom is -0.258 e. The van der Waals surface area contributed by atoms with Gasteiger partial charge in [-0.25, -0.2) is 12.8 Å². The second-order valence-corrected chi connectivity index (χ2v) is 5.30. The summed E-state index contributed by atoms with van der Waals surface area (Å²) in [4.78, 5) is 8.73. The molecular formula is C7H5ClFNO4S. The third-order valence-corrected chi connectivity index (χ3v) is 3.05. The molecule has 0 aliphatic rings. The lowest BCUT2D eigenvalue weighted by Crippen LogP contribution is -2.01. The summed E-state index contributed by atoms with van der Waals surface area (Å²) in [6, 6.07) is 1.36. The van der Waals surface area contributed by atoms with Crippen LogP contribution in [0.4, 0.5) is 10.1 Å². The number of hydrogen-bond acceptors (Lipinski definition) is 4. The van der Waals surface area contributed by atoms with E-state index < -0.39 is 30.4 Å². The van der Waals surface area contributed by atoms with Crippen molar-refractivity contribution >= 4 is 25.4 Å². The summed E-state index contributed by atoms with van der Waals surface area (Å²) in [6.45, 7) is 1.28. The van der Waals surface area contributed by atoms with Gasteiger partial charge >= 0.3 is 0 Å². The van der Waals surface area contributed by atoms with Crippen molar-refractivity contribution in [2.24, 2.45) is 0 Å². The number of halogens is 2. The van der Waals surface area contributed by atoms with E-state index in [2.05, 4.69) is 0 Å². The highest BCUT2D eigenvalue weighted by Gasteiger charge is 2.25. The molecule has 0 unspecified atom stereocenters. The van der Waals surface area contributed by atoms with Gasteiger partial charge < -0.3 is 0 Å². The van der Waals surface area contributed by atoms with Crippen LogP contribution in [0.5, 0.6) is 0 Å². The zero-order chi connectivity index (χ0) is 11.8.